The molecule has 276 valence electrons. The van der Waals surface area contributed by atoms with Gasteiger partial charge in [-0.05, 0) is 86.1 Å². The molecule has 0 radical (unpaired) electrons. The van der Waals surface area contributed by atoms with E-state index in [4.69, 9.17) is 14.2 Å². The van der Waals surface area contributed by atoms with Crippen molar-refractivity contribution >= 4 is 33.7 Å². The molecule has 6 bridgehead atoms. The van der Waals surface area contributed by atoms with Crippen LogP contribution in [0.1, 0.15) is 79.9 Å². The van der Waals surface area contributed by atoms with Crippen LogP contribution in [-0.2, 0) is 37.3 Å². The number of esters is 2. The molecule has 3 saturated heterocycles. The highest BCUT2D eigenvalue weighted by Gasteiger charge is 2.63. The predicted molar refractivity (Wildman–Crippen MR) is 202 cm³/mol. The first kappa shape index (κ1) is 34.0. The molecule has 4 aromatic rings. The number of para-hydroxylation sites is 1. The summed E-state index contributed by atoms with van der Waals surface area (Å²) in [5.41, 5.74) is 7.35. The van der Waals surface area contributed by atoms with Gasteiger partial charge in [0.05, 0.1) is 27.2 Å². The van der Waals surface area contributed by atoms with E-state index in [1.807, 2.05) is 0 Å². The second kappa shape index (κ2) is 12.7. The van der Waals surface area contributed by atoms with Crippen LogP contribution < -0.4 is 4.74 Å². The van der Waals surface area contributed by atoms with Crippen molar-refractivity contribution in [3.63, 3.8) is 0 Å². The van der Waals surface area contributed by atoms with Gasteiger partial charge in [-0.15, -0.1) is 0 Å². The molecule has 2 N–H and O–H groups in total. The molecule has 1 saturated carbocycles. The number of hydrogen-bond acceptors (Lipinski definition) is 7. The number of hydrogen-bond donors (Lipinski definition) is 2. The van der Waals surface area contributed by atoms with Gasteiger partial charge in [0.25, 0.3) is 0 Å². The quantitative estimate of drug-likeness (QED) is 0.219. The number of likely N-dealkylation sites (N-methyl/N-ethyl adjacent to an activating group) is 1. The Kier molecular flexibility index (Phi) is 8.27. The maximum Gasteiger partial charge on any atom is 0.319 e. The molecule has 4 aliphatic heterocycles. The number of aromatic nitrogens is 2. The van der Waals surface area contributed by atoms with E-state index >= 15 is 0 Å². The Morgan fingerprint density at radius 1 is 0.923 bits per heavy atom. The van der Waals surface area contributed by atoms with Gasteiger partial charge in [-0.1, -0.05) is 44.9 Å². The molecule has 9 nitrogen and oxygen atoms in total. The minimum Gasteiger partial charge on any atom is -0.496 e. The second-order valence-corrected chi connectivity index (χ2v) is 16.7. The topological polar surface area (TPSA) is 99.9 Å². The SMILES string of the molecule is CC[C@@H]1CN(C)[C@H]2Cc3c([nH]c4ccccc34)[C@H](c3cc4c5c([nH]c4cc3OC)[C@]3(C(=O)OC)C[C@H]4C[C@H](CC)[C@@H]3N(CC5)C4)C[C@@H]1C2C(=O)OC. The number of nitrogens with zero attached hydrogens (tertiary/aromatic N) is 2. The highest BCUT2D eigenvalue weighted by atomic mass is 16.5. The van der Waals surface area contributed by atoms with Gasteiger partial charge in [0.2, 0.25) is 0 Å². The van der Waals surface area contributed by atoms with Crippen LogP contribution >= 0.6 is 0 Å². The number of nitrogens with one attached hydrogen (secondary N) is 2. The summed E-state index contributed by atoms with van der Waals surface area (Å²) in [6.07, 6.45) is 6.51. The summed E-state index contributed by atoms with van der Waals surface area (Å²) < 4.78 is 17.6. The van der Waals surface area contributed by atoms with Crippen LogP contribution in [0.4, 0.5) is 0 Å². The molecule has 0 amide bonds. The third-order valence-corrected chi connectivity index (χ3v) is 14.6. The van der Waals surface area contributed by atoms with Crippen LogP contribution in [-0.4, -0.2) is 91.8 Å². The number of benzene rings is 2. The van der Waals surface area contributed by atoms with Crippen LogP contribution in [0.25, 0.3) is 21.8 Å². The Bertz CT molecular complexity index is 2050. The number of likely N-dealkylation sites (tertiary alicyclic amines) is 1. The first-order valence-electron chi connectivity index (χ1n) is 19.7. The molecule has 2 aromatic carbocycles. The Morgan fingerprint density at radius 2 is 1.73 bits per heavy atom. The molecular weight excluding hydrogens is 652 g/mol. The zero-order valence-electron chi connectivity index (χ0n) is 31.6. The van der Waals surface area contributed by atoms with E-state index in [1.165, 1.54) is 34.0 Å². The number of rotatable bonds is 6. The predicted octanol–water partition coefficient (Wildman–Crippen LogP) is 6.57. The lowest BCUT2D eigenvalue weighted by Gasteiger charge is -2.57. The minimum absolute atomic E-state index is 0.0355. The lowest BCUT2D eigenvalue weighted by atomic mass is 9.56. The van der Waals surface area contributed by atoms with Crippen molar-refractivity contribution in [3.8, 4) is 5.75 Å². The van der Waals surface area contributed by atoms with Gasteiger partial charge in [-0.3, -0.25) is 14.5 Å². The first-order valence-corrected chi connectivity index (χ1v) is 19.7. The van der Waals surface area contributed by atoms with Gasteiger partial charge in [0.15, 0.2) is 0 Å². The molecule has 4 fully saturated rings. The fourth-order valence-electron chi connectivity index (χ4n) is 12.4. The lowest BCUT2D eigenvalue weighted by Crippen LogP contribution is -2.67. The van der Waals surface area contributed by atoms with Crippen LogP contribution in [0.5, 0.6) is 5.75 Å². The van der Waals surface area contributed by atoms with Crippen LogP contribution in [0.2, 0.25) is 0 Å². The first-order chi connectivity index (χ1) is 25.3. The van der Waals surface area contributed by atoms with Crippen molar-refractivity contribution < 1.29 is 23.8 Å². The van der Waals surface area contributed by atoms with Gasteiger partial charge in [0.1, 0.15) is 11.2 Å². The zero-order valence-corrected chi connectivity index (χ0v) is 31.6. The zero-order chi connectivity index (χ0) is 36.1. The molecule has 2 unspecified atom stereocenters. The number of aromatic amines is 2. The number of carbonyl (C=O) groups is 2. The summed E-state index contributed by atoms with van der Waals surface area (Å²) in [5.74, 6) is 1.78. The monoisotopic (exact) mass is 706 g/mol. The normalized spacial score (nSPS) is 33.8. The summed E-state index contributed by atoms with van der Waals surface area (Å²) in [6.45, 7) is 7.49. The Balaban J connectivity index is 1.27. The van der Waals surface area contributed by atoms with Crippen molar-refractivity contribution in [3.05, 3.63) is 64.5 Å². The molecule has 2 aromatic heterocycles. The average molecular weight is 707 g/mol. The number of H-pyrrole nitrogens is 2. The van der Waals surface area contributed by atoms with E-state index in [-0.39, 0.29) is 41.8 Å². The molecule has 6 heterocycles. The Hall–Kier alpha value is -3.82. The van der Waals surface area contributed by atoms with E-state index in [2.05, 4.69) is 77.1 Å². The van der Waals surface area contributed by atoms with Gasteiger partial charge >= 0.3 is 11.9 Å². The van der Waals surface area contributed by atoms with Gasteiger partial charge in [-0.2, -0.15) is 0 Å². The summed E-state index contributed by atoms with van der Waals surface area (Å²) in [4.78, 5) is 40.9. The number of fused-ring (bicyclic) bond motifs is 9. The fourth-order valence-corrected chi connectivity index (χ4v) is 12.4. The number of carbonyl (C=O) groups excluding carboxylic acids is 2. The van der Waals surface area contributed by atoms with Crippen molar-refractivity contribution in [2.45, 2.75) is 82.2 Å². The fraction of sp³-hybridized carbons (Fsp3) is 0.581. The summed E-state index contributed by atoms with van der Waals surface area (Å²) >= 11 is 0. The van der Waals surface area contributed by atoms with E-state index in [1.54, 1.807) is 21.3 Å². The van der Waals surface area contributed by atoms with Crippen LogP contribution in [0.15, 0.2) is 36.4 Å². The summed E-state index contributed by atoms with van der Waals surface area (Å²) in [6, 6.07) is 13.3. The van der Waals surface area contributed by atoms with Gasteiger partial charge < -0.3 is 29.1 Å². The molecule has 10 rings (SSSR count). The molecule has 9 heteroatoms. The summed E-state index contributed by atoms with van der Waals surface area (Å²) in [5, 5.41) is 2.39. The van der Waals surface area contributed by atoms with Crippen molar-refractivity contribution in [1.29, 1.82) is 0 Å². The van der Waals surface area contributed by atoms with Crippen molar-refractivity contribution in [1.82, 2.24) is 19.8 Å². The number of ether oxygens (including phenoxy) is 3. The molecule has 6 aliphatic rings. The van der Waals surface area contributed by atoms with E-state index in [0.29, 0.717) is 17.8 Å². The van der Waals surface area contributed by atoms with E-state index in [0.717, 1.165) is 86.2 Å². The molecule has 10 atom stereocenters. The highest BCUT2D eigenvalue weighted by molar-refractivity contribution is 5.93. The van der Waals surface area contributed by atoms with Crippen LogP contribution in [0, 0.1) is 29.6 Å². The molecule has 52 heavy (non-hydrogen) atoms. The second-order valence-electron chi connectivity index (χ2n) is 16.7. The highest BCUT2D eigenvalue weighted by Crippen LogP contribution is 2.56. The number of piperidine rings is 3. The smallest absolute Gasteiger partial charge is 0.319 e. The lowest BCUT2D eigenvalue weighted by molar-refractivity contribution is -0.162. The third-order valence-electron chi connectivity index (χ3n) is 14.6. The van der Waals surface area contributed by atoms with E-state index < -0.39 is 5.41 Å². The summed E-state index contributed by atoms with van der Waals surface area (Å²) in [7, 11) is 7.06. The maximum atomic E-state index is 14.2. The molecule has 0 spiro atoms. The maximum absolute atomic E-state index is 14.2. The van der Waals surface area contributed by atoms with Crippen LogP contribution in [0.3, 0.4) is 0 Å². The van der Waals surface area contributed by atoms with Crippen molar-refractivity contribution in [2.75, 3.05) is 48.0 Å². The largest absolute Gasteiger partial charge is 0.496 e. The third kappa shape index (κ3) is 4.73. The number of methoxy groups -OCH3 is 3. The average Bonchev–Trinajstić information content (AvgIpc) is 3.69. The van der Waals surface area contributed by atoms with Gasteiger partial charge in [-0.25, -0.2) is 0 Å². The minimum atomic E-state index is -0.718. The van der Waals surface area contributed by atoms with E-state index in [9.17, 15) is 9.59 Å². The molecule has 2 aliphatic carbocycles. The Morgan fingerprint density at radius 3 is 2.48 bits per heavy atom. The van der Waals surface area contributed by atoms with Gasteiger partial charge in [0, 0.05) is 82.5 Å². The Labute approximate surface area is 306 Å². The molecular formula is C43H54N4O5. The standard InChI is InChI=1S/C43H54N4O5/c1-7-24-15-23-20-43(42(49)52-6)39-27(13-14-47(21-23)40(24)43)29-17-30(36(50-4)19-34(29)45-39)31-16-28-25(8-2)22-46(3)35(37(28)41(48)51-5)18-32-26-11-9-10-12-33(26)44-38(31)32/h9-12,17,19,23-25,28,31,35,37,40,44-45H,7-8,13-16,18,20-22H2,1-6H3/t23-,24+,25-,28+,31+,35+,37?,40+,43-/m1/s1. The van der Waals surface area contributed by atoms with Crippen molar-refractivity contribution in [2.24, 2.45) is 29.6 Å².